The summed E-state index contributed by atoms with van der Waals surface area (Å²) in [5.41, 5.74) is 2.46. The maximum Gasteiger partial charge on any atom is 0.0767 e. The van der Waals surface area contributed by atoms with Crippen LogP contribution in [0.2, 0.25) is 0 Å². The Morgan fingerprint density at radius 2 is 2.06 bits per heavy atom. The standard InChI is InChI=1S/C13H23BrN4/c1-5-11-13(14)12(17(4)15-11)9-18-7-6-16(3)8-10(18)2/h10H,5-9H2,1-4H3. The van der Waals surface area contributed by atoms with Crippen LogP contribution < -0.4 is 0 Å². The topological polar surface area (TPSA) is 24.3 Å². The van der Waals surface area contributed by atoms with Crippen LogP contribution in [0.5, 0.6) is 0 Å². The average Bonchev–Trinajstić information content (AvgIpc) is 2.59. The van der Waals surface area contributed by atoms with Gasteiger partial charge in [0.1, 0.15) is 0 Å². The number of nitrogens with zero attached hydrogens (tertiary/aromatic N) is 4. The van der Waals surface area contributed by atoms with Gasteiger partial charge in [-0.1, -0.05) is 6.92 Å². The quantitative estimate of drug-likeness (QED) is 0.851. The minimum absolute atomic E-state index is 0.607. The SMILES string of the molecule is CCc1nn(C)c(CN2CCN(C)CC2C)c1Br. The monoisotopic (exact) mass is 314 g/mol. The fourth-order valence-corrected chi connectivity index (χ4v) is 3.34. The van der Waals surface area contributed by atoms with Crippen LogP contribution in [0.1, 0.15) is 25.2 Å². The van der Waals surface area contributed by atoms with E-state index in [0.717, 1.165) is 38.3 Å². The van der Waals surface area contributed by atoms with E-state index in [0.29, 0.717) is 6.04 Å². The molecule has 0 bridgehead atoms. The van der Waals surface area contributed by atoms with Crippen LogP contribution in [0.3, 0.4) is 0 Å². The van der Waals surface area contributed by atoms with Crippen LogP contribution in [0.25, 0.3) is 0 Å². The van der Waals surface area contributed by atoms with Gasteiger partial charge in [0, 0.05) is 39.3 Å². The summed E-state index contributed by atoms with van der Waals surface area (Å²) in [6, 6.07) is 0.607. The third kappa shape index (κ3) is 2.78. The molecule has 0 aromatic carbocycles. The molecule has 0 radical (unpaired) electrons. The van der Waals surface area contributed by atoms with Crippen molar-refractivity contribution in [2.45, 2.75) is 32.9 Å². The minimum atomic E-state index is 0.607. The molecule has 102 valence electrons. The summed E-state index contributed by atoms with van der Waals surface area (Å²) in [5.74, 6) is 0. The number of rotatable bonds is 3. The largest absolute Gasteiger partial charge is 0.304 e. The van der Waals surface area contributed by atoms with Gasteiger partial charge in [0.2, 0.25) is 0 Å². The van der Waals surface area contributed by atoms with E-state index in [1.165, 1.54) is 10.2 Å². The highest BCUT2D eigenvalue weighted by molar-refractivity contribution is 9.10. The molecule has 18 heavy (non-hydrogen) atoms. The Morgan fingerprint density at radius 1 is 1.33 bits per heavy atom. The third-order valence-electron chi connectivity index (χ3n) is 3.82. The smallest absolute Gasteiger partial charge is 0.0767 e. The maximum absolute atomic E-state index is 4.57. The predicted molar refractivity (Wildman–Crippen MR) is 77.7 cm³/mol. The lowest BCUT2D eigenvalue weighted by atomic mass is 10.2. The Hall–Kier alpha value is -0.390. The lowest BCUT2D eigenvalue weighted by Crippen LogP contribution is -2.50. The fraction of sp³-hybridized carbons (Fsp3) is 0.769. The summed E-state index contributed by atoms with van der Waals surface area (Å²) < 4.78 is 3.21. The van der Waals surface area contributed by atoms with Crippen LogP contribution in [0.15, 0.2) is 4.47 Å². The van der Waals surface area contributed by atoms with Crippen LogP contribution in [-0.4, -0.2) is 52.3 Å². The van der Waals surface area contributed by atoms with E-state index in [-0.39, 0.29) is 0 Å². The van der Waals surface area contributed by atoms with Crippen molar-refractivity contribution in [1.82, 2.24) is 19.6 Å². The van der Waals surface area contributed by atoms with Crippen LogP contribution in [0, 0.1) is 0 Å². The molecule has 4 nitrogen and oxygen atoms in total. The molecule has 0 spiro atoms. The Labute approximate surface area is 118 Å². The zero-order chi connectivity index (χ0) is 13.3. The Kier molecular flexibility index (Phi) is 4.45. The molecule has 1 atom stereocenters. The van der Waals surface area contributed by atoms with Gasteiger partial charge in [0.15, 0.2) is 0 Å². The van der Waals surface area contributed by atoms with Crippen molar-refractivity contribution < 1.29 is 0 Å². The lowest BCUT2D eigenvalue weighted by molar-refractivity contribution is 0.0914. The lowest BCUT2D eigenvalue weighted by Gasteiger charge is -2.38. The van der Waals surface area contributed by atoms with Gasteiger partial charge in [-0.05, 0) is 36.3 Å². The average molecular weight is 315 g/mol. The number of aromatic nitrogens is 2. The van der Waals surface area contributed by atoms with E-state index in [2.05, 4.69) is 51.7 Å². The Balaban J connectivity index is 2.12. The number of hydrogen-bond acceptors (Lipinski definition) is 3. The van der Waals surface area contributed by atoms with Gasteiger partial charge in [0.25, 0.3) is 0 Å². The van der Waals surface area contributed by atoms with E-state index >= 15 is 0 Å². The molecule has 0 saturated carbocycles. The molecular weight excluding hydrogens is 292 g/mol. The second-order valence-corrected chi connectivity index (χ2v) is 6.06. The molecule has 1 aliphatic rings. The second-order valence-electron chi connectivity index (χ2n) is 5.27. The van der Waals surface area contributed by atoms with Crippen molar-refractivity contribution >= 4 is 15.9 Å². The highest BCUT2D eigenvalue weighted by atomic mass is 79.9. The zero-order valence-corrected chi connectivity index (χ0v) is 13.4. The van der Waals surface area contributed by atoms with Gasteiger partial charge in [-0.15, -0.1) is 0 Å². The molecule has 2 heterocycles. The second kappa shape index (κ2) is 5.72. The number of aryl methyl sites for hydroxylation is 2. The van der Waals surface area contributed by atoms with Crippen LogP contribution in [-0.2, 0) is 20.0 Å². The van der Waals surface area contributed by atoms with Gasteiger partial charge in [-0.2, -0.15) is 5.10 Å². The summed E-state index contributed by atoms with van der Waals surface area (Å²) in [5, 5.41) is 4.57. The number of piperazine rings is 1. The number of hydrogen-bond donors (Lipinski definition) is 0. The number of halogens is 1. The molecule has 1 unspecified atom stereocenters. The predicted octanol–water partition coefficient (Wildman–Crippen LogP) is 1.88. The van der Waals surface area contributed by atoms with Gasteiger partial charge >= 0.3 is 0 Å². The highest BCUT2D eigenvalue weighted by Gasteiger charge is 2.24. The van der Waals surface area contributed by atoms with E-state index < -0.39 is 0 Å². The van der Waals surface area contributed by atoms with Crippen molar-refractivity contribution in [2.24, 2.45) is 7.05 Å². The van der Waals surface area contributed by atoms with Crippen molar-refractivity contribution in [3.05, 3.63) is 15.9 Å². The third-order valence-corrected chi connectivity index (χ3v) is 4.74. The highest BCUT2D eigenvalue weighted by Crippen LogP contribution is 2.24. The van der Waals surface area contributed by atoms with Crippen LogP contribution >= 0.6 is 15.9 Å². The first kappa shape index (κ1) is 14.0. The first-order valence-corrected chi connectivity index (χ1v) is 7.45. The summed E-state index contributed by atoms with van der Waals surface area (Å²) in [7, 11) is 4.24. The molecule has 0 aliphatic carbocycles. The van der Waals surface area contributed by atoms with E-state index in [4.69, 9.17) is 0 Å². The van der Waals surface area contributed by atoms with Gasteiger partial charge < -0.3 is 4.90 Å². The number of likely N-dealkylation sites (N-methyl/N-ethyl adjacent to an activating group) is 1. The van der Waals surface area contributed by atoms with E-state index in [9.17, 15) is 0 Å². The molecule has 2 rings (SSSR count). The van der Waals surface area contributed by atoms with Crippen molar-refractivity contribution in [2.75, 3.05) is 26.7 Å². The first-order chi connectivity index (χ1) is 8.52. The van der Waals surface area contributed by atoms with Crippen molar-refractivity contribution in [3.63, 3.8) is 0 Å². The maximum atomic E-state index is 4.57. The fourth-order valence-electron chi connectivity index (χ4n) is 2.60. The molecule has 0 N–H and O–H groups in total. The summed E-state index contributed by atoms with van der Waals surface area (Å²) in [4.78, 5) is 4.94. The molecule has 1 aromatic heterocycles. The molecule has 0 amide bonds. The summed E-state index contributed by atoms with van der Waals surface area (Å²) in [6.45, 7) is 8.88. The Bertz CT molecular complexity index is 415. The normalized spacial score (nSPS) is 22.6. The molecule has 5 heteroatoms. The molecule has 1 fully saturated rings. The summed E-state index contributed by atoms with van der Waals surface area (Å²) in [6.07, 6.45) is 0.979. The van der Waals surface area contributed by atoms with E-state index in [1.54, 1.807) is 0 Å². The Morgan fingerprint density at radius 3 is 2.61 bits per heavy atom. The molecule has 1 saturated heterocycles. The molecule has 1 aliphatic heterocycles. The van der Waals surface area contributed by atoms with Gasteiger partial charge in [-0.25, -0.2) is 0 Å². The summed E-state index contributed by atoms with van der Waals surface area (Å²) >= 11 is 3.70. The molecule has 1 aromatic rings. The molecular formula is C13H23BrN4. The zero-order valence-electron chi connectivity index (χ0n) is 11.8. The van der Waals surface area contributed by atoms with Crippen LogP contribution in [0.4, 0.5) is 0 Å². The minimum Gasteiger partial charge on any atom is -0.304 e. The van der Waals surface area contributed by atoms with Crippen molar-refractivity contribution in [1.29, 1.82) is 0 Å². The first-order valence-electron chi connectivity index (χ1n) is 6.65. The van der Waals surface area contributed by atoms with E-state index in [1.807, 2.05) is 11.7 Å². The van der Waals surface area contributed by atoms with Crippen molar-refractivity contribution in [3.8, 4) is 0 Å². The van der Waals surface area contributed by atoms with Gasteiger partial charge in [0.05, 0.1) is 15.9 Å². The van der Waals surface area contributed by atoms with Gasteiger partial charge in [-0.3, -0.25) is 9.58 Å².